The molecule has 0 unspecified atom stereocenters. The summed E-state index contributed by atoms with van der Waals surface area (Å²) < 4.78 is 0. The fourth-order valence-electron chi connectivity index (χ4n) is 1.87. The van der Waals surface area contributed by atoms with Crippen LogP contribution >= 0.6 is 0 Å². The van der Waals surface area contributed by atoms with Crippen LogP contribution in [-0.2, 0) is 4.79 Å². The molecule has 23 heavy (non-hydrogen) atoms. The second-order valence-corrected chi connectivity index (χ2v) is 4.82. The molecule has 0 fully saturated rings. The molecule has 0 atom stereocenters. The van der Waals surface area contributed by atoms with Crippen molar-refractivity contribution in [3.63, 3.8) is 0 Å². The summed E-state index contributed by atoms with van der Waals surface area (Å²) >= 11 is 0. The van der Waals surface area contributed by atoms with Gasteiger partial charge in [-0.25, -0.2) is 0 Å². The van der Waals surface area contributed by atoms with Crippen LogP contribution < -0.4 is 16.0 Å². The van der Waals surface area contributed by atoms with E-state index in [1.54, 1.807) is 18.2 Å². The number of Topliss-reactive ketones (excluding diaryl/α,β-unsaturated/α-hetero) is 1. The molecule has 0 aliphatic heterocycles. The molecule has 6 nitrogen and oxygen atoms in total. The molecule has 0 aromatic heterocycles. The smallest absolute Gasteiger partial charge is 0.251 e. The molecule has 0 spiro atoms. The lowest BCUT2D eigenvalue weighted by atomic mass is 10.0. The Labute approximate surface area is 136 Å². The van der Waals surface area contributed by atoms with Crippen molar-refractivity contribution in [3.8, 4) is 11.8 Å². The molecule has 0 saturated heterocycles. The number of hydrogen-bond acceptors (Lipinski definition) is 5. The van der Waals surface area contributed by atoms with Crippen molar-refractivity contribution in [3.05, 3.63) is 34.9 Å². The van der Waals surface area contributed by atoms with E-state index in [0.717, 1.165) is 0 Å². The van der Waals surface area contributed by atoms with Crippen LogP contribution in [0.1, 0.15) is 33.2 Å². The maximum absolute atomic E-state index is 11.7. The summed E-state index contributed by atoms with van der Waals surface area (Å²) in [6.45, 7) is 3.70. The summed E-state index contributed by atoms with van der Waals surface area (Å²) in [6, 6.07) is 4.99. The number of rotatable bonds is 8. The van der Waals surface area contributed by atoms with Crippen LogP contribution in [-0.4, -0.2) is 51.2 Å². The van der Waals surface area contributed by atoms with Gasteiger partial charge in [-0.1, -0.05) is 17.9 Å². The highest BCUT2D eigenvalue weighted by Gasteiger charge is 2.11. The molecule has 0 radical (unpaired) electrons. The van der Waals surface area contributed by atoms with Crippen molar-refractivity contribution in [2.24, 2.45) is 0 Å². The molecule has 3 N–H and O–H groups in total. The monoisotopic (exact) mass is 315 g/mol. The summed E-state index contributed by atoms with van der Waals surface area (Å²) in [4.78, 5) is 33.7. The molecule has 0 heterocycles. The van der Waals surface area contributed by atoms with Gasteiger partial charge in [-0.15, -0.1) is 0 Å². The van der Waals surface area contributed by atoms with E-state index in [1.165, 1.54) is 14.0 Å². The fraction of sp³-hybridized carbons (Fsp3) is 0.353. The highest BCUT2D eigenvalue weighted by Crippen LogP contribution is 2.11. The number of aldehydes is 1. The average Bonchev–Trinajstić information content (AvgIpc) is 2.55. The summed E-state index contributed by atoms with van der Waals surface area (Å²) in [5.74, 6) is 5.59. The van der Waals surface area contributed by atoms with E-state index in [0.29, 0.717) is 49.2 Å². The maximum atomic E-state index is 11.7. The number of ketones is 1. The molecule has 6 heteroatoms. The number of benzene rings is 1. The van der Waals surface area contributed by atoms with Crippen molar-refractivity contribution < 1.29 is 14.4 Å². The number of nitrogens with one attached hydrogen (secondary N) is 3. The van der Waals surface area contributed by atoms with Gasteiger partial charge in [-0.2, -0.15) is 0 Å². The van der Waals surface area contributed by atoms with Crippen LogP contribution in [0.3, 0.4) is 0 Å². The second-order valence-electron chi connectivity index (χ2n) is 4.82. The molecule has 0 saturated carbocycles. The molecule has 1 aromatic rings. The minimum Gasteiger partial charge on any atom is -0.355 e. The quantitative estimate of drug-likeness (QED) is 0.356. The minimum atomic E-state index is -0.314. The first-order valence-electron chi connectivity index (χ1n) is 7.30. The molecule has 1 aromatic carbocycles. The van der Waals surface area contributed by atoms with Gasteiger partial charge in [0.1, 0.15) is 5.78 Å². The summed E-state index contributed by atoms with van der Waals surface area (Å²) in [6.07, 6.45) is 0.647. The molecule has 0 aliphatic rings. The Morgan fingerprint density at radius 2 is 1.96 bits per heavy atom. The first-order valence-corrected chi connectivity index (χ1v) is 7.30. The third kappa shape index (κ3) is 6.43. The lowest BCUT2D eigenvalue weighted by Gasteiger charge is -2.05. The fourth-order valence-corrected chi connectivity index (χ4v) is 1.87. The third-order valence-corrected chi connectivity index (χ3v) is 2.98. The van der Waals surface area contributed by atoms with Gasteiger partial charge in [0.05, 0.1) is 18.7 Å². The Kier molecular flexibility index (Phi) is 8.29. The van der Waals surface area contributed by atoms with Crippen molar-refractivity contribution in [2.75, 3.05) is 33.2 Å². The van der Waals surface area contributed by atoms with Gasteiger partial charge in [0.2, 0.25) is 0 Å². The van der Waals surface area contributed by atoms with E-state index < -0.39 is 0 Å². The van der Waals surface area contributed by atoms with E-state index in [4.69, 9.17) is 0 Å². The van der Waals surface area contributed by atoms with E-state index in [1.807, 2.05) is 0 Å². The van der Waals surface area contributed by atoms with Crippen molar-refractivity contribution in [2.45, 2.75) is 6.92 Å². The lowest BCUT2D eigenvalue weighted by molar-refractivity contribution is -0.116. The van der Waals surface area contributed by atoms with Gasteiger partial charge in [0.25, 0.3) is 5.91 Å². The van der Waals surface area contributed by atoms with Gasteiger partial charge in [-0.05, 0) is 19.1 Å². The molecular formula is C17H21N3O3. The lowest BCUT2D eigenvalue weighted by Crippen LogP contribution is -2.30. The topological polar surface area (TPSA) is 87.3 Å². The van der Waals surface area contributed by atoms with Crippen LogP contribution in [0.2, 0.25) is 0 Å². The molecule has 1 rings (SSSR count). The third-order valence-electron chi connectivity index (χ3n) is 2.98. The van der Waals surface area contributed by atoms with Crippen LogP contribution in [0.15, 0.2) is 18.2 Å². The summed E-state index contributed by atoms with van der Waals surface area (Å²) in [7, 11) is 1.51. The zero-order valence-electron chi connectivity index (χ0n) is 13.4. The van der Waals surface area contributed by atoms with E-state index in [-0.39, 0.29) is 11.7 Å². The Morgan fingerprint density at radius 1 is 1.22 bits per heavy atom. The largest absolute Gasteiger partial charge is 0.355 e. The van der Waals surface area contributed by atoms with E-state index >= 15 is 0 Å². The standard InChI is InChI=1S/C17H21N3O3/c1-13(22)11-20-10-9-19-8-4-6-14-5-3-7-15(16(14)12-21)17(23)18-2/h3,5,7,12,19-20H,8-11H2,1-2H3,(H,18,23). The number of hydrogen-bond donors (Lipinski definition) is 3. The van der Waals surface area contributed by atoms with Gasteiger partial charge in [0, 0.05) is 31.3 Å². The number of amides is 1. The van der Waals surface area contributed by atoms with Crippen LogP contribution in [0, 0.1) is 11.8 Å². The molecule has 1 amide bonds. The van der Waals surface area contributed by atoms with E-state index in [9.17, 15) is 14.4 Å². The first-order chi connectivity index (χ1) is 11.1. The predicted octanol–water partition coefficient (Wildman–Crippen LogP) is -0.0216. The zero-order valence-corrected chi connectivity index (χ0v) is 13.4. The number of carbonyl (C=O) groups is 3. The highest BCUT2D eigenvalue weighted by atomic mass is 16.1. The van der Waals surface area contributed by atoms with Gasteiger partial charge in [0.15, 0.2) is 6.29 Å². The Hall–Kier alpha value is -2.49. The second kappa shape index (κ2) is 10.3. The van der Waals surface area contributed by atoms with Gasteiger partial charge < -0.3 is 16.0 Å². The Morgan fingerprint density at radius 3 is 2.61 bits per heavy atom. The molecule has 0 aliphatic carbocycles. The minimum absolute atomic E-state index is 0.0992. The number of carbonyl (C=O) groups excluding carboxylic acids is 3. The molecule has 0 bridgehead atoms. The van der Waals surface area contributed by atoms with Gasteiger partial charge in [-0.3, -0.25) is 14.4 Å². The Balaban J connectivity index is 2.56. The van der Waals surface area contributed by atoms with Crippen LogP contribution in [0.4, 0.5) is 0 Å². The van der Waals surface area contributed by atoms with E-state index in [2.05, 4.69) is 27.8 Å². The van der Waals surface area contributed by atoms with Crippen molar-refractivity contribution in [1.29, 1.82) is 0 Å². The van der Waals surface area contributed by atoms with Gasteiger partial charge >= 0.3 is 0 Å². The average molecular weight is 315 g/mol. The Bertz CT molecular complexity index is 630. The molecule has 122 valence electrons. The predicted molar refractivity (Wildman–Crippen MR) is 88.5 cm³/mol. The summed E-state index contributed by atoms with van der Waals surface area (Å²) in [5.41, 5.74) is 1.13. The van der Waals surface area contributed by atoms with Crippen molar-refractivity contribution in [1.82, 2.24) is 16.0 Å². The SMILES string of the molecule is CNC(=O)c1cccc(C#CCNCCNCC(C)=O)c1C=O. The highest BCUT2D eigenvalue weighted by molar-refractivity contribution is 6.02. The first kappa shape index (κ1) is 18.6. The maximum Gasteiger partial charge on any atom is 0.251 e. The van der Waals surface area contributed by atoms with Crippen LogP contribution in [0.5, 0.6) is 0 Å². The summed E-state index contributed by atoms with van der Waals surface area (Å²) in [5, 5.41) is 8.59. The normalized spacial score (nSPS) is 9.65. The molecular weight excluding hydrogens is 294 g/mol. The van der Waals surface area contributed by atoms with Crippen LogP contribution in [0.25, 0.3) is 0 Å². The van der Waals surface area contributed by atoms with Crippen molar-refractivity contribution >= 4 is 18.0 Å². The zero-order chi connectivity index (χ0) is 17.1.